The molecule has 1 aromatic carbocycles. The van der Waals surface area contributed by atoms with Crippen LogP contribution in [0.4, 0.5) is 0 Å². The Balaban J connectivity index is 1.32. The van der Waals surface area contributed by atoms with Crippen LogP contribution in [0, 0.1) is 11.8 Å². The van der Waals surface area contributed by atoms with Gasteiger partial charge in [-0.2, -0.15) is 4.31 Å². The van der Waals surface area contributed by atoms with E-state index in [4.69, 9.17) is 16.3 Å². The van der Waals surface area contributed by atoms with Gasteiger partial charge in [0.15, 0.2) is 0 Å². The minimum absolute atomic E-state index is 0.00252. The van der Waals surface area contributed by atoms with Crippen molar-refractivity contribution in [2.24, 2.45) is 11.8 Å². The summed E-state index contributed by atoms with van der Waals surface area (Å²) < 4.78 is 33.9. The molecule has 3 heterocycles. The highest BCUT2D eigenvalue weighted by Crippen LogP contribution is 2.41. The molecule has 0 radical (unpaired) electrons. The number of benzene rings is 1. The lowest BCUT2D eigenvalue weighted by molar-refractivity contribution is -0.127. The van der Waals surface area contributed by atoms with Crippen molar-refractivity contribution in [2.45, 2.75) is 134 Å². The smallest absolute Gasteiger partial charge is 0.238 e. The maximum absolute atomic E-state index is 14.4. The van der Waals surface area contributed by atoms with Crippen LogP contribution >= 0.6 is 11.6 Å². The van der Waals surface area contributed by atoms with Crippen LogP contribution in [0.15, 0.2) is 24.3 Å². The van der Waals surface area contributed by atoms with Crippen molar-refractivity contribution in [1.29, 1.82) is 0 Å². The molecule has 5 unspecified atom stereocenters. The van der Waals surface area contributed by atoms with Gasteiger partial charge in [0, 0.05) is 54.8 Å². The van der Waals surface area contributed by atoms with E-state index < -0.39 is 10.0 Å². The van der Waals surface area contributed by atoms with Crippen LogP contribution in [-0.4, -0.2) is 79.9 Å². The van der Waals surface area contributed by atoms with Gasteiger partial charge in [-0.15, -0.1) is 0 Å². The molecule has 0 spiro atoms. The van der Waals surface area contributed by atoms with Crippen molar-refractivity contribution in [1.82, 2.24) is 20.3 Å². The summed E-state index contributed by atoms with van der Waals surface area (Å²) in [5, 5.41) is 11.6. The van der Waals surface area contributed by atoms with E-state index >= 15 is 0 Å². The molecule has 3 aliphatic heterocycles. The van der Waals surface area contributed by atoms with E-state index in [0.717, 1.165) is 76.3 Å². The summed E-state index contributed by atoms with van der Waals surface area (Å²) in [7, 11) is -3.20. The second-order valence-electron chi connectivity index (χ2n) is 14.6. The van der Waals surface area contributed by atoms with Gasteiger partial charge in [-0.05, 0) is 108 Å². The summed E-state index contributed by atoms with van der Waals surface area (Å²) in [6.45, 7) is 10.6. The fourth-order valence-corrected chi connectivity index (χ4v) is 10.2. The van der Waals surface area contributed by atoms with Gasteiger partial charge in [0.1, 0.15) is 0 Å². The van der Waals surface area contributed by atoms with Crippen LogP contribution in [0.25, 0.3) is 0 Å². The maximum Gasteiger partial charge on any atom is 0.238 e. The molecule has 4 aliphatic rings. The molecule has 0 aromatic heterocycles. The van der Waals surface area contributed by atoms with Gasteiger partial charge in [0.25, 0.3) is 0 Å². The Morgan fingerprint density at radius 2 is 1.91 bits per heavy atom. The normalized spacial score (nSPS) is 33.6. The van der Waals surface area contributed by atoms with Gasteiger partial charge in [0.05, 0.1) is 17.4 Å². The summed E-state index contributed by atoms with van der Waals surface area (Å²) in [5.74, 6) is 0.951. The fraction of sp³-hybridized carbons (Fsp3) is 0.794. The predicted molar refractivity (Wildman–Crippen MR) is 177 cm³/mol. The van der Waals surface area contributed by atoms with E-state index in [1.165, 1.54) is 0 Å². The second kappa shape index (κ2) is 14.7. The number of carbonyl (C=O) groups is 1. The molecule has 8 nitrogen and oxygen atoms in total. The third-order valence-electron chi connectivity index (χ3n) is 10.8. The average Bonchev–Trinajstić information content (AvgIpc) is 3.38. The van der Waals surface area contributed by atoms with Crippen LogP contribution in [-0.2, 0) is 19.6 Å². The number of hydrogen-bond donors (Lipinski definition) is 3. The van der Waals surface area contributed by atoms with Crippen LogP contribution in [0.5, 0.6) is 0 Å². The SMILES string of the molecule is CCC(C)NC(C(=O)N[C@H]1CCC[C@@H]1CC[C@H]1CN[C@@H]2CCCS(=O)(=O)N1C2)C(c1ccc(Cl)cc1)C1CCOC(C)(C)C1. The lowest BCUT2D eigenvalue weighted by atomic mass is 9.72. The maximum atomic E-state index is 14.4. The van der Waals surface area contributed by atoms with E-state index in [1.807, 2.05) is 12.1 Å². The number of rotatable bonds is 11. The van der Waals surface area contributed by atoms with Gasteiger partial charge in [0.2, 0.25) is 15.9 Å². The molecule has 44 heavy (non-hydrogen) atoms. The number of carbonyl (C=O) groups excluding carboxylic acids is 1. The number of hydrogen-bond acceptors (Lipinski definition) is 6. The predicted octanol–water partition coefficient (Wildman–Crippen LogP) is 5.22. The largest absolute Gasteiger partial charge is 0.376 e. The first-order valence-electron chi connectivity index (χ1n) is 17.1. The molecule has 248 valence electrons. The van der Waals surface area contributed by atoms with Crippen molar-refractivity contribution in [3.8, 4) is 0 Å². The summed E-state index contributed by atoms with van der Waals surface area (Å²) >= 11 is 6.31. The number of ether oxygens (including phenoxy) is 1. The van der Waals surface area contributed by atoms with E-state index in [9.17, 15) is 13.2 Å². The van der Waals surface area contributed by atoms with Crippen molar-refractivity contribution in [2.75, 3.05) is 25.4 Å². The average molecular weight is 651 g/mol. The van der Waals surface area contributed by atoms with Crippen molar-refractivity contribution < 1.29 is 17.9 Å². The van der Waals surface area contributed by atoms with Crippen LogP contribution < -0.4 is 16.0 Å². The Morgan fingerprint density at radius 3 is 2.64 bits per heavy atom. The Kier molecular flexibility index (Phi) is 11.4. The van der Waals surface area contributed by atoms with Gasteiger partial charge >= 0.3 is 0 Å². The molecule has 3 N–H and O–H groups in total. The Hall–Kier alpha value is -1.23. The lowest BCUT2D eigenvalue weighted by Crippen LogP contribution is -2.57. The minimum Gasteiger partial charge on any atom is -0.376 e. The summed E-state index contributed by atoms with van der Waals surface area (Å²) in [6, 6.07) is 8.23. The highest BCUT2D eigenvalue weighted by Gasteiger charge is 2.43. The molecule has 9 atom stereocenters. The number of nitrogens with zero attached hydrogens (tertiary/aromatic N) is 1. The zero-order chi connectivity index (χ0) is 31.5. The Labute approximate surface area is 270 Å². The van der Waals surface area contributed by atoms with Crippen molar-refractivity contribution >= 4 is 27.5 Å². The standard InChI is InChI=1S/C34H55ClN4O4S/c1-5-23(2)37-32(31(25-11-14-27(35)15-12-25)26-17-18-43-34(3,4)20-26)33(40)38-30-10-6-8-24(30)13-16-29-21-36-28-9-7-19-44(41,42)39(29)22-28/h11-12,14-15,23-24,26,28-32,36-37H,5-10,13,16-22H2,1-4H3,(H,38,40)/t23?,24-,26?,28-,29+,30+,31?,32?/m1/s1. The van der Waals surface area contributed by atoms with Gasteiger partial charge < -0.3 is 20.7 Å². The topological polar surface area (TPSA) is 99.8 Å². The van der Waals surface area contributed by atoms with E-state index in [-0.39, 0.29) is 59.3 Å². The molecule has 1 amide bonds. The summed E-state index contributed by atoms with van der Waals surface area (Å²) in [4.78, 5) is 14.4. The van der Waals surface area contributed by atoms with Crippen molar-refractivity contribution in [3.63, 3.8) is 0 Å². The van der Waals surface area contributed by atoms with E-state index in [2.05, 4.69) is 55.8 Å². The zero-order valence-electron chi connectivity index (χ0n) is 27.2. The first-order chi connectivity index (χ1) is 21.0. The second-order valence-corrected chi connectivity index (χ2v) is 17.0. The third-order valence-corrected chi connectivity index (χ3v) is 13.1. The van der Waals surface area contributed by atoms with Gasteiger partial charge in [-0.25, -0.2) is 8.42 Å². The highest BCUT2D eigenvalue weighted by atomic mass is 35.5. The fourth-order valence-electron chi connectivity index (χ4n) is 8.27. The molecule has 1 aromatic rings. The third kappa shape index (κ3) is 8.37. The molecule has 5 rings (SSSR count). The quantitative estimate of drug-likeness (QED) is 0.304. The van der Waals surface area contributed by atoms with E-state index in [1.54, 1.807) is 4.31 Å². The van der Waals surface area contributed by atoms with Crippen LogP contribution in [0.1, 0.15) is 103 Å². The van der Waals surface area contributed by atoms with Gasteiger partial charge in [-0.3, -0.25) is 4.79 Å². The molecule has 1 saturated carbocycles. The molecule has 3 saturated heterocycles. The summed E-state index contributed by atoms with van der Waals surface area (Å²) in [6.07, 6.45) is 9.24. The van der Waals surface area contributed by atoms with Crippen LogP contribution in [0.3, 0.4) is 0 Å². The lowest BCUT2D eigenvalue weighted by Gasteiger charge is -2.43. The Morgan fingerprint density at radius 1 is 1.14 bits per heavy atom. The monoisotopic (exact) mass is 650 g/mol. The number of sulfonamides is 1. The summed E-state index contributed by atoms with van der Waals surface area (Å²) in [5.41, 5.74) is 0.897. The molecule has 4 fully saturated rings. The zero-order valence-corrected chi connectivity index (χ0v) is 28.8. The first kappa shape index (κ1) is 34.1. The first-order valence-corrected chi connectivity index (χ1v) is 19.1. The molecular weight excluding hydrogens is 596 g/mol. The van der Waals surface area contributed by atoms with E-state index in [0.29, 0.717) is 24.1 Å². The number of nitrogens with one attached hydrogen (secondary N) is 3. The van der Waals surface area contributed by atoms with Crippen LogP contribution in [0.2, 0.25) is 5.02 Å². The number of halogens is 1. The Bertz CT molecular complexity index is 1210. The molecule has 10 heteroatoms. The molecular formula is C34H55ClN4O4S. The number of fused-ring (bicyclic) bond motifs is 2. The minimum atomic E-state index is -3.20. The number of amides is 1. The highest BCUT2D eigenvalue weighted by molar-refractivity contribution is 7.89. The number of piperazine rings is 1. The molecule has 2 bridgehead atoms. The van der Waals surface area contributed by atoms with Crippen molar-refractivity contribution in [3.05, 3.63) is 34.9 Å². The molecule has 1 aliphatic carbocycles. The van der Waals surface area contributed by atoms with Gasteiger partial charge in [-0.1, -0.05) is 37.1 Å².